The summed E-state index contributed by atoms with van der Waals surface area (Å²) in [7, 11) is 0. The maximum absolute atomic E-state index is 11.1. The van der Waals surface area contributed by atoms with Gasteiger partial charge in [0.05, 0.1) is 0 Å². The first-order chi connectivity index (χ1) is 9.22. The molecule has 0 heterocycles. The lowest BCUT2D eigenvalue weighted by Gasteiger charge is -2.24. The molecule has 4 heteroatoms. The molecule has 0 aliphatic heterocycles. The Hall–Kier alpha value is -1.50. The highest BCUT2D eigenvalue weighted by Gasteiger charge is 2.46. The maximum Gasteiger partial charge on any atom is 0.302 e. The van der Waals surface area contributed by atoms with E-state index < -0.39 is 0 Å². The number of fused-ring (bicyclic) bond motifs is 1. The van der Waals surface area contributed by atoms with Gasteiger partial charge in [-0.15, -0.1) is 0 Å². The van der Waals surface area contributed by atoms with Crippen LogP contribution in [0.1, 0.15) is 39.0 Å². The van der Waals surface area contributed by atoms with E-state index in [4.69, 9.17) is 4.74 Å². The molecule has 4 nitrogen and oxygen atoms in total. The van der Waals surface area contributed by atoms with Crippen LogP contribution in [0.4, 0.5) is 0 Å². The van der Waals surface area contributed by atoms with Crippen molar-refractivity contribution in [1.82, 2.24) is 5.32 Å². The van der Waals surface area contributed by atoms with Gasteiger partial charge < -0.3 is 10.1 Å². The van der Waals surface area contributed by atoms with E-state index in [9.17, 15) is 9.59 Å². The summed E-state index contributed by atoms with van der Waals surface area (Å²) in [6, 6.07) is 0. The Morgan fingerprint density at radius 1 is 1.37 bits per heavy atom. The summed E-state index contributed by atoms with van der Waals surface area (Å²) in [6.45, 7) is 2.22. The fourth-order valence-electron chi connectivity index (χ4n) is 3.12. The van der Waals surface area contributed by atoms with E-state index in [1.807, 2.05) is 0 Å². The summed E-state index contributed by atoms with van der Waals surface area (Å²) >= 11 is 0. The van der Waals surface area contributed by atoms with E-state index in [0.717, 1.165) is 45.1 Å². The summed E-state index contributed by atoms with van der Waals surface area (Å²) in [5.74, 6) is 7.51. The van der Waals surface area contributed by atoms with Gasteiger partial charge in [-0.05, 0) is 19.3 Å². The van der Waals surface area contributed by atoms with E-state index in [1.54, 1.807) is 0 Å². The molecule has 2 rings (SSSR count). The Labute approximate surface area is 114 Å². The third kappa shape index (κ3) is 3.50. The molecule has 1 saturated carbocycles. The molecule has 19 heavy (non-hydrogen) atoms. The molecule has 0 spiro atoms. The number of carbonyl (C=O) groups excluding carboxylic acids is 2. The Kier molecular flexibility index (Phi) is 4.84. The van der Waals surface area contributed by atoms with Crippen molar-refractivity contribution in [3.8, 4) is 11.8 Å². The van der Waals surface area contributed by atoms with Gasteiger partial charge in [0.2, 0.25) is 6.41 Å². The van der Waals surface area contributed by atoms with Crippen LogP contribution in [0, 0.1) is 29.6 Å². The Morgan fingerprint density at radius 2 is 2.21 bits per heavy atom. The van der Waals surface area contributed by atoms with Crippen LogP contribution in [-0.4, -0.2) is 25.0 Å². The van der Waals surface area contributed by atoms with E-state index in [0.29, 0.717) is 17.8 Å². The minimum absolute atomic E-state index is 0.0445. The van der Waals surface area contributed by atoms with Crippen molar-refractivity contribution < 1.29 is 14.3 Å². The van der Waals surface area contributed by atoms with Crippen molar-refractivity contribution in [2.24, 2.45) is 17.8 Å². The van der Waals surface area contributed by atoms with Gasteiger partial charge in [-0.1, -0.05) is 24.7 Å². The second-order valence-electron chi connectivity index (χ2n) is 5.39. The largest absolute Gasteiger partial charge is 0.462 e. The fourth-order valence-corrected chi connectivity index (χ4v) is 3.12. The predicted molar refractivity (Wildman–Crippen MR) is 71.0 cm³/mol. The summed E-state index contributed by atoms with van der Waals surface area (Å²) in [6.07, 6.45) is 5.96. The molecule has 0 aromatic rings. The summed E-state index contributed by atoms with van der Waals surface area (Å²) in [4.78, 5) is 21.2. The molecular formula is C15H21NO3. The Morgan fingerprint density at radius 3 is 2.84 bits per heavy atom. The zero-order chi connectivity index (χ0) is 13.7. The molecule has 0 bridgehead atoms. The minimum atomic E-state index is -0.188. The molecule has 0 aromatic heterocycles. The molecular weight excluding hydrogens is 242 g/mol. The maximum atomic E-state index is 11.1. The molecule has 0 aromatic carbocycles. The number of carbonyl (C=O) groups is 2. The first-order valence-electron chi connectivity index (χ1n) is 7.07. The second-order valence-corrected chi connectivity index (χ2v) is 5.39. The third-order valence-corrected chi connectivity index (χ3v) is 4.05. The number of hydrogen-bond donors (Lipinski definition) is 1. The highest BCUT2D eigenvalue weighted by Crippen LogP contribution is 2.44. The number of rotatable bonds is 8. The Bertz CT molecular complexity index is 396. The van der Waals surface area contributed by atoms with Crippen LogP contribution in [0.2, 0.25) is 0 Å². The SMILES string of the molecule is CC(=O)OC1CC2C#CC2C1CCCCCNC=O. The molecule has 1 fully saturated rings. The second kappa shape index (κ2) is 6.60. The standard InChI is InChI=1S/C15H21NO3/c1-11(18)19-15-9-12-6-7-13(12)14(15)5-3-2-4-8-16-10-17/h10,12-15H,2-5,8-9H2,1H3,(H,16,17). The molecule has 0 radical (unpaired) electrons. The van der Waals surface area contributed by atoms with Gasteiger partial charge in [0, 0.05) is 31.2 Å². The number of hydrogen-bond acceptors (Lipinski definition) is 3. The lowest BCUT2D eigenvalue weighted by Crippen LogP contribution is -2.25. The average molecular weight is 263 g/mol. The third-order valence-electron chi connectivity index (χ3n) is 4.05. The molecule has 104 valence electrons. The van der Waals surface area contributed by atoms with E-state index >= 15 is 0 Å². The average Bonchev–Trinajstić information content (AvgIpc) is 2.56. The summed E-state index contributed by atoms with van der Waals surface area (Å²) in [5, 5.41) is 2.67. The van der Waals surface area contributed by atoms with Gasteiger partial charge in [0.25, 0.3) is 0 Å². The molecule has 4 atom stereocenters. The van der Waals surface area contributed by atoms with Crippen molar-refractivity contribution in [1.29, 1.82) is 0 Å². The van der Waals surface area contributed by atoms with Crippen LogP contribution in [0.5, 0.6) is 0 Å². The number of ether oxygens (including phenoxy) is 1. The van der Waals surface area contributed by atoms with E-state index in [2.05, 4.69) is 17.2 Å². The van der Waals surface area contributed by atoms with Gasteiger partial charge in [0.15, 0.2) is 0 Å². The number of nitrogens with one attached hydrogen (secondary N) is 1. The number of amides is 1. The van der Waals surface area contributed by atoms with Crippen LogP contribution in [0.15, 0.2) is 0 Å². The van der Waals surface area contributed by atoms with E-state index in [-0.39, 0.29) is 12.1 Å². The van der Waals surface area contributed by atoms with Crippen molar-refractivity contribution in [3.05, 3.63) is 0 Å². The molecule has 1 amide bonds. The van der Waals surface area contributed by atoms with Crippen LogP contribution in [0.25, 0.3) is 0 Å². The normalized spacial score (nSPS) is 30.6. The molecule has 1 N–H and O–H groups in total. The molecule has 2 aliphatic carbocycles. The molecule has 0 saturated heterocycles. The monoisotopic (exact) mass is 263 g/mol. The van der Waals surface area contributed by atoms with Gasteiger partial charge in [-0.2, -0.15) is 0 Å². The molecule has 2 aliphatic rings. The lowest BCUT2D eigenvalue weighted by atomic mass is 9.81. The first kappa shape index (κ1) is 13.9. The minimum Gasteiger partial charge on any atom is -0.462 e. The van der Waals surface area contributed by atoms with Gasteiger partial charge in [-0.25, -0.2) is 0 Å². The van der Waals surface area contributed by atoms with Crippen molar-refractivity contribution in [3.63, 3.8) is 0 Å². The van der Waals surface area contributed by atoms with Gasteiger partial charge >= 0.3 is 5.97 Å². The molecule has 4 unspecified atom stereocenters. The zero-order valence-electron chi connectivity index (χ0n) is 11.4. The highest BCUT2D eigenvalue weighted by atomic mass is 16.5. The summed E-state index contributed by atoms with van der Waals surface area (Å²) < 4.78 is 5.42. The fraction of sp³-hybridized carbons (Fsp3) is 0.733. The summed E-state index contributed by atoms with van der Waals surface area (Å²) in [5.41, 5.74) is 0. The topological polar surface area (TPSA) is 55.4 Å². The number of unbranched alkanes of at least 4 members (excludes halogenated alkanes) is 2. The van der Waals surface area contributed by atoms with Crippen LogP contribution in [0.3, 0.4) is 0 Å². The van der Waals surface area contributed by atoms with Gasteiger partial charge in [-0.3, -0.25) is 9.59 Å². The van der Waals surface area contributed by atoms with Crippen LogP contribution >= 0.6 is 0 Å². The van der Waals surface area contributed by atoms with Crippen molar-refractivity contribution in [2.75, 3.05) is 6.54 Å². The van der Waals surface area contributed by atoms with Crippen molar-refractivity contribution in [2.45, 2.75) is 45.1 Å². The lowest BCUT2D eigenvalue weighted by molar-refractivity contribution is -0.148. The van der Waals surface area contributed by atoms with Crippen LogP contribution < -0.4 is 5.32 Å². The Balaban J connectivity index is 1.72. The van der Waals surface area contributed by atoms with Gasteiger partial charge in [0.1, 0.15) is 6.10 Å². The predicted octanol–water partition coefficient (Wildman–Crippen LogP) is 1.49. The first-order valence-corrected chi connectivity index (χ1v) is 7.07. The smallest absolute Gasteiger partial charge is 0.302 e. The zero-order valence-corrected chi connectivity index (χ0v) is 11.4. The highest BCUT2D eigenvalue weighted by molar-refractivity contribution is 5.66. The quantitative estimate of drug-likeness (QED) is 0.312. The van der Waals surface area contributed by atoms with E-state index in [1.165, 1.54) is 6.92 Å². The van der Waals surface area contributed by atoms with Crippen molar-refractivity contribution >= 4 is 12.4 Å². The number of esters is 1. The van der Waals surface area contributed by atoms with Crippen LogP contribution in [-0.2, 0) is 14.3 Å².